The Morgan fingerprint density at radius 1 is 0.967 bits per heavy atom. The highest BCUT2D eigenvalue weighted by molar-refractivity contribution is 5.81. The lowest BCUT2D eigenvalue weighted by atomic mass is 10.2. The molecule has 0 radical (unpaired) electrons. The summed E-state index contributed by atoms with van der Waals surface area (Å²) in [5.41, 5.74) is 2.50. The lowest BCUT2D eigenvalue weighted by Crippen LogP contribution is -2.52. The number of aliphatic imine (C=N–C) groups is 1. The molecule has 2 aromatic rings. The zero-order valence-electron chi connectivity index (χ0n) is 18.1. The molecule has 1 heterocycles. The van der Waals surface area contributed by atoms with Crippen LogP contribution in [0.1, 0.15) is 17.5 Å². The third-order valence-electron chi connectivity index (χ3n) is 5.44. The van der Waals surface area contributed by atoms with Crippen LogP contribution >= 0.6 is 0 Å². The van der Waals surface area contributed by atoms with Crippen molar-refractivity contribution in [2.45, 2.75) is 19.5 Å². The maximum absolute atomic E-state index is 12.4. The Morgan fingerprint density at radius 3 is 2.17 bits per heavy atom. The van der Waals surface area contributed by atoms with Gasteiger partial charge in [0, 0.05) is 66.3 Å². The average Bonchev–Trinajstić information content (AvgIpc) is 2.79. The monoisotopic (exact) mass is 407 g/mol. The second kappa shape index (κ2) is 11.4. The van der Waals surface area contributed by atoms with Gasteiger partial charge in [0.05, 0.1) is 0 Å². The molecule has 0 bridgehead atoms. The standard InChI is InChI=1S/C24H33N5O/c1-25-24(26-14-13-23(30)27(2)19-21-9-5-3-6-10-21)29-17-15-28(16-18-29)20-22-11-7-4-8-12-22/h3-12H,13-20H2,1-2H3,(H,25,26). The molecule has 1 aliphatic rings. The van der Waals surface area contributed by atoms with Gasteiger partial charge in [-0.3, -0.25) is 14.7 Å². The molecule has 1 N–H and O–H groups in total. The molecular weight excluding hydrogens is 374 g/mol. The van der Waals surface area contributed by atoms with Crippen LogP contribution in [0, 0.1) is 0 Å². The van der Waals surface area contributed by atoms with Gasteiger partial charge in [-0.15, -0.1) is 0 Å². The van der Waals surface area contributed by atoms with Gasteiger partial charge in [0.15, 0.2) is 5.96 Å². The smallest absolute Gasteiger partial charge is 0.224 e. The fourth-order valence-corrected chi connectivity index (χ4v) is 3.71. The predicted octanol–water partition coefficient (Wildman–Crippen LogP) is 2.43. The zero-order chi connectivity index (χ0) is 21.2. The maximum atomic E-state index is 12.4. The van der Waals surface area contributed by atoms with Gasteiger partial charge >= 0.3 is 0 Å². The van der Waals surface area contributed by atoms with Crippen molar-refractivity contribution in [2.24, 2.45) is 4.99 Å². The number of piperazine rings is 1. The van der Waals surface area contributed by atoms with Crippen molar-refractivity contribution in [1.82, 2.24) is 20.0 Å². The Kier molecular flexibility index (Phi) is 8.27. The highest BCUT2D eigenvalue weighted by atomic mass is 16.2. The Hall–Kier alpha value is -2.86. The lowest BCUT2D eigenvalue weighted by Gasteiger charge is -2.36. The van der Waals surface area contributed by atoms with E-state index in [4.69, 9.17) is 0 Å². The highest BCUT2D eigenvalue weighted by Crippen LogP contribution is 2.09. The van der Waals surface area contributed by atoms with Gasteiger partial charge in [-0.25, -0.2) is 0 Å². The van der Waals surface area contributed by atoms with Crippen LogP contribution in [0.15, 0.2) is 65.7 Å². The fraction of sp³-hybridized carbons (Fsp3) is 0.417. The normalized spacial score (nSPS) is 15.1. The summed E-state index contributed by atoms with van der Waals surface area (Å²) < 4.78 is 0. The van der Waals surface area contributed by atoms with E-state index in [-0.39, 0.29) is 5.91 Å². The van der Waals surface area contributed by atoms with E-state index < -0.39 is 0 Å². The summed E-state index contributed by atoms with van der Waals surface area (Å²) in [6.07, 6.45) is 0.455. The van der Waals surface area contributed by atoms with Gasteiger partial charge in [0.25, 0.3) is 0 Å². The van der Waals surface area contributed by atoms with Crippen molar-refractivity contribution >= 4 is 11.9 Å². The van der Waals surface area contributed by atoms with E-state index in [1.165, 1.54) is 5.56 Å². The van der Waals surface area contributed by atoms with Gasteiger partial charge in [-0.05, 0) is 11.1 Å². The molecule has 1 amide bonds. The van der Waals surface area contributed by atoms with E-state index in [1.54, 1.807) is 4.90 Å². The number of nitrogens with one attached hydrogen (secondary N) is 1. The molecule has 0 atom stereocenters. The van der Waals surface area contributed by atoms with Crippen LogP contribution in [-0.2, 0) is 17.9 Å². The summed E-state index contributed by atoms with van der Waals surface area (Å²) >= 11 is 0. The number of rotatable bonds is 7. The van der Waals surface area contributed by atoms with Crippen molar-refractivity contribution in [3.8, 4) is 0 Å². The Balaban J connectivity index is 1.38. The number of benzene rings is 2. The molecule has 6 heteroatoms. The Labute approximate surface area is 180 Å². The van der Waals surface area contributed by atoms with E-state index in [0.29, 0.717) is 19.5 Å². The SMILES string of the molecule is CN=C(NCCC(=O)N(C)Cc1ccccc1)N1CCN(Cc2ccccc2)CC1. The zero-order valence-corrected chi connectivity index (χ0v) is 18.1. The van der Waals surface area contributed by atoms with Crippen LogP contribution < -0.4 is 5.32 Å². The Bertz CT molecular complexity index is 801. The second-order valence-electron chi connectivity index (χ2n) is 7.71. The van der Waals surface area contributed by atoms with Gasteiger partial charge < -0.3 is 15.1 Å². The highest BCUT2D eigenvalue weighted by Gasteiger charge is 2.20. The molecule has 1 aliphatic heterocycles. The third-order valence-corrected chi connectivity index (χ3v) is 5.44. The molecule has 0 unspecified atom stereocenters. The van der Waals surface area contributed by atoms with E-state index in [9.17, 15) is 4.79 Å². The third kappa shape index (κ3) is 6.59. The van der Waals surface area contributed by atoms with E-state index in [1.807, 2.05) is 44.4 Å². The molecule has 0 aliphatic carbocycles. The molecule has 0 spiro atoms. The number of amides is 1. The van der Waals surface area contributed by atoms with Crippen LogP contribution in [0.5, 0.6) is 0 Å². The topological polar surface area (TPSA) is 51.2 Å². The van der Waals surface area contributed by atoms with Gasteiger partial charge in [0.2, 0.25) is 5.91 Å². The fourth-order valence-electron chi connectivity index (χ4n) is 3.71. The summed E-state index contributed by atoms with van der Waals surface area (Å²) in [4.78, 5) is 23.4. The molecule has 0 saturated carbocycles. The quantitative estimate of drug-likeness (QED) is 0.566. The maximum Gasteiger partial charge on any atom is 0.224 e. The summed E-state index contributed by atoms with van der Waals surface area (Å²) in [6, 6.07) is 20.7. The number of nitrogens with zero attached hydrogens (tertiary/aromatic N) is 4. The van der Waals surface area contributed by atoms with Crippen molar-refractivity contribution in [3.63, 3.8) is 0 Å². The van der Waals surface area contributed by atoms with E-state index >= 15 is 0 Å². The second-order valence-corrected chi connectivity index (χ2v) is 7.71. The van der Waals surface area contributed by atoms with Crippen LogP contribution in [0.3, 0.4) is 0 Å². The lowest BCUT2D eigenvalue weighted by molar-refractivity contribution is -0.130. The summed E-state index contributed by atoms with van der Waals surface area (Å²) in [5, 5.41) is 3.36. The van der Waals surface area contributed by atoms with Gasteiger partial charge in [-0.1, -0.05) is 60.7 Å². The van der Waals surface area contributed by atoms with Gasteiger partial charge in [0.1, 0.15) is 0 Å². The summed E-state index contributed by atoms with van der Waals surface area (Å²) in [5.74, 6) is 1.02. The minimum atomic E-state index is 0.134. The molecule has 160 valence electrons. The minimum absolute atomic E-state index is 0.134. The first-order chi connectivity index (χ1) is 14.7. The molecule has 0 aromatic heterocycles. The minimum Gasteiger partial charge on any atom is -0.356 e. The van der Waals surface area contributed by atoms with Crippen molar-refractivity contribution in [2.75, 3.05) is 46.8 Å². The number of carbonyl (C=O) groups excluding carboxylic acids is 1. The first-order valence-corrected chi connectivity index (χ1v) is 10.7. The Morgan fingerprint density at radius 2 is 1.57 bits per heavy atom. The van der Waals surface area contributed by atoms with Crippen LogP contribution in [0.4, 0.5) is 0 Å². The molecular formula is C24H33N5O. The summed E-state index contributed by atoms with van der Waals surface area (Å²) in [6.45, 7) is 6.11. The van der Waals surface area contributed by atoms with Crippen molar-refractivity contribution in [3.05, 3.63) is 71.8 Å². The average molecular weight is 408 g/mol. The molecule has 2 aromatic carbocycles. The summed E-state index contributed by atoms with van der Waals surface area (Å²) in [7, 11) is 3.66. The predicted molar refractivity (Wildman–Crippen MR) is 122 cm³/mol. The molecule has 3 rings (SSSR count). The molecule has 6 nitrogen and oxygen atoms in total. The van der Waals surface area contributed by atoms with E-state index in [0.717, 1.165) is 44.2 Å². The molecule has 30 heavy (non-hydrogen) atoms. The number of guanidine groups is 1. The first-order valence-electron chi connectivity index (χ1n) is 10.7. The molecule has 1 saturated heterocycles. The van der Waals surface area contributed by atoms with Crippen molar-refractivity contribution in [1.29, 1.82) is 0 Å². The largest absolute Gasteiger partial charge is 0.356 e. The number of hydrogen-bond donors (Lipinski definition) is 1. The van der Waals surface area contributed by atoms with Crippen LogP contribution in [0.25, 0.3) is 0 Å². The van der Waals surface area contributed by atoms with E-state index in [2.05, 4.69) is 50.4 Å². The van der Waals surface area contributed by atoms with Crippen molar-refractivity contribution < 1.29 is 4.79 Å². The van der Waals surface area contributed by atoms with Crippen LogP contribution in [0.2, 0.25) is 0 Å². The molecule has 1 fully saturated rings. The number of hydrogen-bond acceptors (Lipinski definition) is 3. The first kappa shape index (κ1) is 21.8. The van der Waals surface area contributed by atoms with Gasteiger partial charge in [-0.2, -0.15) is 0 Å². The van der Waals surface area contributed by atoms with Crippen LogP contribution in [-0.4, -0.2) is 73.4 Å². The number of carbonyl (C=O) groups is 1.